The molecule has 6 atom stereocenters. The van der Waals surface area contributed by atoms with Gasteiger partial charge >= 0.3 is 0 Å². The highest BCUT2D eigenvalue weighted by Crippen LogP contribution is 2.26. The lowest BCUT2D eigenvalue weighted by molar-refractivity contribution is -0.176. The van der Waals surface area contributed by atoms with Gasteiger partial charge in [-0.3, -0.25) is 19.2 Å². The number of morpholine rings is 1. The summed E-state index contributed by atoms with van der Waals surface area (Å²) in [6, 6.07) is -3.01. The molecule has 2 bridgehead atoms. The summed E-state index contributed by atoms with van der Waals surface area (Å²) in [4.78, 5) is 50.4. The van der Waals surface area contributed by atoms with E-state index < -0.39 is 42.3 Å². The predicted molar refractivity (Wildman–Crippen MR) is 94.5 cm³/mol. The fourth-order valence-electron chi connectivity index (χ4n) is 2.88. The number of fused-ring (bicyclic) bond motifs is 2. The normalized spacial score (nSPS) is 27.4. The van der Waals surface area contributed by atoms with Crippen LogP contribution in [0.15, 0.2) is 0 Å². The summed E-state index contributed by atoms with van der Waals surface area (Å²) in [5, 5.41) is 7.97. The molecule has 152 valence electrons. The number of likely N-dealkylation sites (N-methyl/N-ethyl adjacent to an activating group) is 1. The molecule has 3 amide bonds. The van der Waals surface area contributed by atoms with E-state index >= 15 is 0 Å². The van der Waals surface area contributed by atoms with Crippen molar-refractivity contribution < 1.29 is 28.7 Å². The van der Waals surface area contributed by atoms with E-state index in [-0.39, 0.29) is 24.3 Å². The number of hydrogen-bond donors (Lipinski definition) is 3. The van der Waals surface area contributed by atoms with Gasteiger partial charge in [0.1, 0.15) is 12.1 Å². The molecular weight excluding hydrogens is 356 g/mol. The Labute approximate surface area is 158 Å². The van der Waals surface area contributed by atoms with Crippen LogP contribution in [-0.4, -0.2) is 85.2 Å². The Bertz CT molecular complexity index is 612. The number of nitrogens with one attached hydrogen (secondary N) is 3. The molecule has 0 aromatic heterocycles. The molecule has 0 aromatic rings. The van der Waals surface area contributed by atoms with Crippen molar-refractivity contribution in [1.29, 1.82) is 0 Å². The summed E-state index contributed by atoms with van der Waals surface area (Å²) in [6.07, 6.45) is -1.15. The number of rotatable bonds is 7. The van der Waals surface area contributed by atoms with Crippen molar-refractivity contribution in [3.8, 4) is 0 Å². The second-order valence-electron chi connectivity index (χ2n) is 6.98. The highest BCUT2D eigenvalue weighted by Gasteiger charge is 2.49. The van der Waals surface area contributed by atoms with Crippen molar-refractivity contribution in [2.75, 3.05) is 20.2 Å². The summed E-state index contributed by atoms with van der Waals surface area (Å²) in [7, 11) is 1.66. The van der Waals surface area contributed by atoms with Crippen LogP contribution in [0.4, 0.5) is 0 Å². The number of carbonyl (C=O) groups is 4. The minimum absolute atomic E-state index is 0.189. The van der Waals surface area contributed by atoms with Crippen LogP contribution in [0.5, 0.6) is 0 Å². The van der Waals surface area contributed by atoms with Gasteiger partial charge in [0.05, 0.1) is 25.2 Å². The van der Waals surface area contributed by atoms with E-state index in [0.29, 0.717) is 6.61 Å². The van der Waals surface area contributed by atoms with Crippen molar-refractivity contribution in [3.05, 3.63) is 0 Å². The zero-order valence-electron chi connectivity index (χ0n) is 16.3. The first-order valence-corrected chi connectivity index (χ1v) is 9.01. The van der Waals surface area contributed by atoms with Crippen LogP contribution >= 0.6 is 0 Å². The highest BCUT2D eigenvalue weighted by molar-refractivity contribution is 5.94. The number of hydrogen-bond acceptors (Lipinski definition) is 7. The SMILES string of the molecule is CN[C@@H](C)C(=O)N1CC2COC(O2)C1C(=O)N[C@@H](C)C(=O)N[C@@H](C)C(C)=O. The lowest BCUT2D eigenvalue weighted by Crippen LogP contribution is -2.64. The van der Waals surface area contributed by atoms with Crippen LogP contribution in [0.2, 0.25) is 0 Å². The van der Waals surface area contributed by atoms with Gasteiger partial charge < -0.3 is 30.3 Å². The Hall–Kier alpha value is -2.04. The van der Waals surface area contributed by atoms with E-state index in [9.17, 15) is 19.2 Å². The predicted octanol–water partition coefficient (Wildman–Crippen LogP) is -1.85. The quantitative estimate of drug-likeness (QED) is 0.470. The topological polar surface area (TPSA) is 126 Å². The van der Waals surface area contributed by atoms with Crippen molar-refractivity contribution in [2.45, 2.75) is 64.3 Å². The lowest BCUT2D eigenvalue weighted by atomic mass is 10.1. The molecule has 10 heteroatoms. The molecule has 3 N–H and O–H groups in total. The minimum Gasteiger partial charge on any atom is -0.347 e. The third-order valence-corrected chi connectivity index (χ3v) is 4.84. The molecule has 2 heterocycles. The first kappa shape index (κ1) is 21.3. The van der Waals surface area contributed by atoms with Crippen LogP contribution in [-0.2, 0) is 28.7 Å². The number of Topliss-reactive ketones (excluding diaryl/α,β-unsaturated/α-hetero) is 1. The fourth-order valence-corrected chi connectivity index (χ4v) is 2.88. The molecule has 0 radical (unpaired) electrons. The number of nitrogens with zero attached hydrogens (tertiary/aromatic N) is 1. The standard InChI is InChI=1S/C17H28N4O6/c1-8(11(4)22)19-14(23)9(2)20-15(24)13-17-26-7-12(27-17)6-21(13)16(25)10(3)18-5/h8-10,12-13,17-18H,6-7H2,1-5H3,(H,19,23)(H,20,24)/t8-,9-,10-,12?,13?,17?/m0/s1. The molecule has 2 aliphatic rings. The molecule has 0 saturated carbocycles. The van der Waals surface area contributed by atoms with Crippen LogP contribution in [0.1, 0.15) is 27.7 Å². The zero-order chi connectivity index (χ0) is 20.3. The molecule has 2 aliphatic heterocycles. The van der Waals surface area contributed by atoms with Gasteiger partial charge in [-0.2, -0.15) is 0 Å². The summed E-state index contributed by atoms with van der Waals surface area (Å²) in [6.45, 7) is 6.68. The second kappa shape index (κ2) is 8.77. The molecule has 27 heavy (non-hydrogen) atoms. The Kier molecular flexibility index (Phi) is 6.90. The lowest BCUT2D eigenvalue weighted by Gasteiger charge is -2.39. The smallest absolute Gasteiger partial charge is 0.248 e. The Morgan fingerprint density at radius 1 is 1.04 bits per heavy atom. The van der Waals surface area contributed by atoms with Gasteiger partial charge in [0.2, 0.25) is 17.7 Å². The van der Waals surface area contributed by atoms with Crippen molar-refractivity contribution >= 4 is 23.5 Å². The molecule has 2 rings (SSSR count). The Balaban J connectivity index is 2.07. The van der Waals surface area contributed by atoms with Gasteiger partial charge in [-0.25, -0.2) is 0 Å². The fraction of sp³-hybridized carbons (Fsp3) is 0.765. The molecular formula is C17H28N4O6. The first-order valence-electron chi connectivity index (χ1n) is 9.01. The second-order valence-corrected chi connectivity index (χ2v) is 6.98. The van der Waals surface area contributed by atoms with Gasteiger partial charge in [-0.05, 0) is 34.7 Å². The molecule has 0 aliphatic carbocycles. The maximum atomic E-state index is 12.8. The molecule has 2 fully saturated rings. The van der Waals surface area contributed by atoms with Gasteiger partial charge in [0, 0.05) is 0 Å². The van der Waals surface area contributed by atoms with Gasteiger partial charge in [-0.15, -0.1) is 0 Å². The molecule has 0 spiro atoms. The van der Waals surface area contributed by atoms with Gasteiger partial charge in [-0.1, -0.05) is 0 Å². The summed E-state index contributed by atoms with van der Waals surface area (Å²) in [5.74, 6) is -1.47. The Morgan fingerprint density at radius 2 is 1.70 bits per heavy atom. The number of ketones is 1. The number of carbonyl (C=O) groups excluding carboxylic acids is 4. The van der Waals surface area contributed by atoms with Crippen LogP contribution in [0, 0.1) is 0 Å². The summed E-state index contributed by atoms with van der Waals surface area (Å²) >= 11 is 0. The average Bonchev–Trinajstić information content (AvgIpc) is 3.00. The molecule has 0 aromatic carbocycles. The largest absolute Gasteiger partial charge is 0.347 e. The van der Waals surface area contributed by atoms with E-state index in [1.165, 1.54) is 18.7 Å². The summed E-state index contributed by atoms with van der Waals surface area (Å²) in [5.41, 5.74) is 0. The third-order valence-electron chi connectivity index (χ3n) is 4.84. The third kappa shape index (κ3) is 4.82. The monoisotopic (exact) mass is 384 g/mol. The molecule has 3 unspecified atom stereocenters. The van der Waals surface area contributed by atoms with Crippen LogP contribution in [0.25, 0.3) is 0 Å². The van der Waals surface area contributed by atoms with Crippen molar-refractivity contribution in [3.63, 3.8) is 0 Å². The average molecular weight is 384 g/mol. The Morgan fingerprint density at radius 3 is 2.30 bits per heavy atom. The molecule has 2 saturated heterocycles. The molecule has 10 nitrogen and oxygen atoms in total. The van der Waals surface area contributed by atoms with Crippen molar-refractivity contribution in [1.82, 2.24) is 20.9 Å². The first-order chi connectivity index (χ1) is 12.6. The maximum absolute atomic E-state index is 12.8. The van der Waals surface area contributed by atoms with E-state index in [0.717, 1.165) is 0 Å². The highest BCUT2D eigenvalue weighted by atomic mass is 16.7. The van der Waals surface area contributed by atoms with Gasteiger partial charge in [0.15, 0.2) is 18.1 Å². The maximum Gasteiger partial charge on any atom is 0.248 e. The van der Waals surface area contributed by atoms with E-state index in [4.69, 9.17) is 9.47 Å². The van der Waals surface area contributed by atoms with Gasteiger partial charge in [0.25, 0.3) is 0 Å². The number of amides is 3. The van der Waals surface area contributed by atoms with Crippen LogP contribution in [0.3, 0.4) is 0 Å². The minimum atomic E-state index is -0.993. The van der Waals surface area contributed by atoms with E-state index in [1.807, 2.05) is 0 Å². The zero-order valence-corrected chi connectivity index (χ0v) is 16.3. The van der Waals surface area contributed by atoms with E-state index in [1.54, 1.807) is 20.9 Å². The summed E-state index contributed by atoms with van der Waals surface area (Å²) < 4.78 is 11.1. The van der Waals surface area contributed by atoms with E-state index in [2.05, 4.69) is 16.0 Å². The number of ether oxygens (including phenoxy) is 2. The van der Waals surface area contributed by atoms with Crippen molar-refractivity contribution in [2.24, 2.45) is 0 Å². The van der Waals surface area contributed by atoms with Crippen LogP contribution < -0.4 is 16.0 Å².